The molecule has 0 saturated heterocycles. The molecule has 1 heterocycles. The van der Waals surface area contributed by atoms with Gasteiger partial charge in [0.15, 0.2) is 0 Å². The maximum absolute atomic E-state index is 11.9. The van der Waals surface area contributed by atoms with Gasteiger partial charge in [0.25, 0.3) is 0 Å². The van der Waals surface area contributed by atoms with Crippen molar-refractivity contribution in [1.82, 2.24) is 9.29 Å². The fourth-order valence-corrected chi connectivity index (χ4v) is 3.30. The SMILES string of the molecule is CN(C)S(=O)(=O)c1ccc(SCC(=O)Nc2ccc(Cl)cc2)nc1. The molecule has 0 radical (unpaired) electrons. The molecule has 24 heavy (non-hydrogen) atoms. The van der Waals surface area contributed by atoms with Gasteiger partial charge in [-0.3, -0.25) is 4.79 Å². The number of pyridine rings is 1. The summed E-state index contributed by atoms with van der Waals surface area (Å²) in [5.74, 6) is -0.0239. The smallest absolute Gasteiger partial charge is 0.244 e. The van der Waals surface area contributed by atoms with Crippen molar-refractivity contribution in [2.75, 3.05) is 25.2 Å². The summed E-state index contributed by atoms with van der Waals surface area (Å²) >= 11 is 7.00. The van der Waals surface area contributed by atoms with Gasteiger partial charge in [0, 0.05) is 31.0 Å². The number of thioether (sulfide) groups is 1. The van der Waals surface area contributed by atoms with E-state index < -0.39 is 10.0 Å². The number of rotatable bonds is 6. The van der Waals surface area contributed by atoms with Crippen molar-refractivity contribution in [3.05, 3.63) is 47.6 Å². The largest absolute Gasteiger partial charge is 0.325 e. The molecule has 0 unspecified atom stereocenters. The number of benzene rings is 1. The van der Waals surface area contributed by atoms with E-state index >= 15 is 0 Å². The van der Waals surface area contributed by atoms with Crippen LogP contribution in [-0.4, -0.2) is 43.5 Å². The molecule has 128 valence electrons. The fourth-order valence-electron chi connectivity index (χ4n) is 1.69. The number of hydrogen-bond acceptors (Lipinski definition) is 5. The van der Waals surface area contributed by atoms with Crippen LogP contribution >= 0.6 is 23.4 Å². The van der Waals surface area contributed by atoms with Gasteiger partial charge in [-0.25, -0.2) is 17.7 Å². The van der Waals surface area contributed by atoms with Crippen LogP contribution in [0.2, 0.25) is 5.02 Å². The summed E-state index contributed by atoms with van der Waals surface area (Å²) in [5.41, 5.74) is 0.658. The molecule has 0 atom stereocenters. The summed E-state index contributed by atoms with van der Waals surface area (Å²) in [4.78, 5) is 16.1. The Kier molecular flexibility index (Phi) is 6.22. The average molecular weight is 386 g/mol. The van der Waals surface area contributed by atoms with Gasteiger partial charge in [-0.1, -0.05) is 23.4 Å². The Hall–Kier alpha value is -1.61. The zero-order chi connectivity index (χ0) is 17.7. The Morgan fingerprint density at radius 3 is 2.42 bits per heavy atom. The van der Waals surface area contributed by atoms with Gasteiger partial charge < -0.3 is 5.32 Å². The van der Waals surface area contributed by atoms with Crippen LogP contribution in [0.5, 0.6) is 0 Å². The molecule has 1 aromatic carbocycles. The number of sulfonamides is 1. The molecule has 9 heteroatoms. The highest BCUT2D eigenvalue weighted by molar-refractivity contribution is 7.99. The van der Waals surface area contributed by atoms with E-state index in [1.807, 2.05) is 0 Å². The van der Waals surface area contributed by atoms with Crippen molar-refractivity contribution in [2.45, 2.75) is 9.92 Å². The standard InChI is InChI=1S/C15H16ClN3O3S2/c1-19(2)24(21,22)13-7-8-15(17-9-13)23-10-14(20)18-12-5-3-11(16)4-6-12/h3-9H,10H2,1-2H3,(H,18,20). The Bertz CT molecular complexity index is 807. The highest BCUT2D eigenvalue weighted by Gasteiger charge is 2.17. The highest BCUT2D eigenvalue weighted by atomic mass is 35.5. The molecule has 1 aromatic heterocycles. The van der Waals surface area contributed by atoms with Crippen LogP contribution in [0.3, 0.4) is 0 Å². The Morgan fingerprint density at radius 1 is 1.21 bits per heavy atom. The lowest BCUT2D eigenvalue weighted by Gasteiger charge is -2.11. The van der Waals surface area contributed by atoms with E-state index in [4.69, 9.17) is 11.6 Å². The van der Waals surface area contributed by atoms with Crippen molar-refractivity contribution >= 4 is 45.0 Å². The average Bonchev–Trinajstić information content (AvgIpc) is 2.55. The van der Waals surface area contributed by atoms with Gasteiger partial charge >= 0.3 is 0 Å². The van der Waals surface area contributed by atoms with Crippen LogP contribution in [0.25, 0.3) is 0 Å². The topological polar surface area (TPSA) is 79.4 Å². The number of carbonyl (C=O) groups excluding carboxylic acids is 1. The summed E-state index contributed by atoms with van der Waals surface area (Å²) in [7, 11) is -0.583. The normalized spacial score (nSPS) is 11.5. The third-order valence-corrected chi connectivity index (χ3v) is 5.96. The molecule has 0 bridgehead atoms. The van der Waals surface area contributed by atoms with Crippen molar-refractivity contribution in [3.63, 3.8) is 0 Å². The first-order chi connectivity index (χ1) is 11.3. The van der Waals surface area contributed by atoms with Gasteiger partial charge in [0.2, 0.25) is 15.9 Å². The maximum Gasteiger partial charge on any atom is 0.244 e. The molecule has 2 rings (SSSR count). The Balaban J connectivity index is 1.92. The number of carbonyl (C=O) groups is 1. The number of amides is 1. The molecule has 0 spiro atoms. The number of halogens is 1. The summed E-state index contributed by atoms with van der Waals surface area (Å²) in [6.07, 6.45) is 1.29. The minimum Gasteiger partial charge on any atom is -0.325 e. The lowest BCUT2D eigenvalue weighted by atomic mass is 10.3. The van der Waals surface area contributed by atoms with Gasteiger partial charge in [0.1, 0.15) is 4.90 Å². The van der Waals surface area contributed by atoms with E-state index in [1.54, 1.807) is 30.3 Å². The van der Waals surface area contributed by atoms with Crippen LogP contribution in [0, 0.1) is 0 Å². The van der Waals surface area contributed by atoms with E-state index in [2.05, 4.69) is 10.3 Å². The lowest BCUT2D eigenvalue weighted by molar-refractivity contribution is -0.113. The molecule has 0 fully saturated rings. The van der Waals surface area contributed by atoms with Gasteiger partial charge in [0.05, 0.1) is 10.8 Å². The number of aromatic nitrogens is 1. The van der Waals surface area contributed by atoms with Crippen LogP contribution in [-0.2, 0) is 14.8 Å². The van der Waals surface area contributed by atoms with Crippen molar-refractivity contribution < 1.29 is 13.2 Å². The number of anilines is 1. The molecule has 1 amide bonds. The molecule has 0 aliphatic carbocycles. The highest BCUT2D eigenvalue weighted by Crippen LogP contribution is 2.19. The summed E-state index contributed by atoms with van der Waals surface area (Å²) in [6.45, 7) is 0. The minimum atomic E-state index is -3.50. The quantitative estimate of drug-likeness (QED) is 0.773. The number of hydrogen-bond donors (Lipinski definition) is 1. The first-order valence-corrected chi connectivity index (χ1v) is 9.66. The van der Waals surface area contributed by atoms with E-state index in [-0.39, 0.29) is 16.6 Å². The summed E-state index contributed by atoms with van der Waals surface area (Å²) in [5, 5.41) is 3.91. The molecular formula is C15H16ClN3O3S2. The van der Waals surface area contributed by atoms with Crippen LogP contribution in [0.4, 0.5) is 5.69 Å². The number of nitrogens with one attached hydrogen (secondary N) is 1. The molecule has 0 saturated carbocycles. The van der Waals surface area contributed by atoms with Crippen molar-refractivity contribution in [3.8, 4) is 0 Å². The first kappa shape index (κ1) is 18.7. The zero-order valence-electron chi connectivity index (χ0n) is 13.1. The molecule has 6 nitrogen and oxygen atoms in total. The van der Waals surface area contributed by atoms with E-state index in [1.165, 1.54) is 38.1 Å². The molecule has 0 aliphatic heterocycles. The van der Waals surface area contributed by atoms with Crippen molar-refractivity contribution in [1.29, 1.82) is 0 Å². The van der Waals surface area contributed by atoms with Crippen LogP contribution in [0.15, 0.2) is 52.5 Å². The third kappa shape index (κ3) is 4.94. The molecule has 1 N–H and O–H groups in total. The number of nitrogens with zero attached hydrogens (tertiary/aromatic N) is 2. The Labute approximate surface area is 150 Å². The predicted octanol–water partition coefficient (Wildman–Crippen LogP) is 2.72. The van der Waals surface area contributed by atoms with E-state index in [0.29, 0.717) is 15.7 Å². The second-order valence-corrected chi connectivity index (χ2v) is 8.55. The van der Waals surface area contributed by atoms with Gasteiger partial charge in [-0.15, -0.1) is 0 Å². The van der Waals surface area contributed by atoms with E-state index in [0.717, 1.165) is 4.31 Å². The van der Waals surface area contributed by atoms with Crippen molar-refractivity contribution in [2.24, 2.45) is 0 Å². The fraction of sp³-hybridized carbons (Fsp3) is 0.200. The maximum atomic E-state index is 11.9. The molecular weight excluding hydrogens is 370 g/mol. The van der Waals surface area contributed by atoms with Gasteiger partial charge in [-0.2, -0.15) is 0 Å². The lowest BCUT2D eigenvalue weighted by Crippen LogP contribution is -2.22. The minimum absolute atomic E-state index is 0.113. The summed E-state index contributed by atoms with van der Waals surface area (Å²) < 4.78 is 25.0. The third-order valence-electron chi connectivity index (χ3n) is 2.97. The predicted molar refractivity (Wildman–Crippen MR) is 95.9 cm³/mol. The molecule has 2 aromatic rings. The monoisotopic (exact) mass is 385 g/mol. The molecule has 0 aliphatic rings. The zero-order valence-corrected chi connectivity index (χ0v) is 15.5. The van der Waals surface area contributed by atoms with E-state index in [9.17, 15) is 13.2 Å². The Morgan fingerprint density at radius 2 is 1.88 bits per heavy atom. The first-order valence-electron chi connectivity index (χ1n) is 6.86. The summed E-state index contributed by atoms with van der Waals surface area (Å²) in [6, 6.07) is 9.86. The second-order valence-electron chi connectivity index (χ2n) is 4.96. The van der Waals surface area contributed by atoms with Crippen LogP contribution in [0.1, 0.15) is 0 Å². The second kappa shape index (κ2) is 7.98. The van der Waals surface area contributed by atoms with Gasteiger partial charge in [-0.05, 0) is 36.4 Å². The van der Waals surface area contributed by atoms with Crippen LogP contribution < -0.4 is 5.32 Å².